The molecule has 0 bridgehead atoms. The Balaban J connectivity index is 2.50. The van der Waals surface area contributed by atoms with Crippen LogP contribution in [-0.4, -0.2) is 59.8 Å². The predicted octanol–water partition coefficient (Wildman–Crippen LogP) is 0.782. The van der Waals surface area contributed by atoms with Gasteiger partial charge in [-0.15, -0.1) is 0 Å². The summed E-state index contributed by atoms with van der Waals surface area (Å²) in [6, 6.07) is 1.87. The zero-order valence-corrected chi connectivity index (χ0v) is 9.90. The fourth-order valence-corrected chi connectivity index (χ4v) is 2.59. The highest BCUT2D eigenvalue weighted by molar-refractivity contribution is 4.91. The van der Waals surface area contributed by atoms with Crippen molar-refractivity contribution in [3.63, 3.8) is 0 Å². The van der Waals surface area contributed by atoms with Crippen LogP contribution in [0.15, 0.2) is 0 Å². The zero-order valence-electron chi connectivity index (χ0n) is 9.90. The Morgan fingerprint density at radius 1 is 1.50 bits per heavy atom. The van der Waals surface area contributed by atoms with Gasteiger partial charge in [0.15, 0.2) is 0 Å². The summed E-state index contributed by atoms with van der Waals surface area (Å²) in [7, 11) is 2.11. The van der Waals surface area contributed by atoms with Gasteiger partial charge in [-0.05, 0) is 34.2 Å². The highest BCUT2D eigenvalue weighted by atomic mass is 16.3. The van der Waals surface area contributed by atoms with E-state index < -0.39 is 0 Å². The minimum absolute atomic E-state index is 0.265. The first-order valence-electron chi connectivity index (χ1n) is 5.64. The van der Waals surface area contributed by atoms with Crippen molar-refractivity contribution in [2.24, 2.45) is 0 Å². The Morgan fingerprint density at radius 3 is 2.57 bits per heavy atom. The fraction of sp³-hybridized carbons (Fsp3) is 1.00. The van der Waals surface area contributed by atoms with Crippen molar-refractivity contribution in [3.8, 4) is 0 Å². The van der Waals surface area contributed by atoms with Crippen molar-refractivity contribution in [2.75, 3.05) is 26.7 Å². The third-order valence-electron chi connectivity index (χ3n) is 3.45. The van der Waals surface area contributed by atoms with Crippen molar-refractivity contribution < 1.29 is 5.11 Å². The SMILES string of the molecule is CC(C)N1CCC(N(C)CCO)C1C. The van der Waals surface area contributed by atoms with Crippen molar-refractivity contribution in [1.29, 1.82) is 0 Å². The summed E-state index contributed by atoms with van der Waals surface area (Å²) in [6.45, 7) is 9.06. The standard InChI is InChI=1S/C11H24N2O/c1-9(2)13-6-5-11(10(13)3)12(4)7-8-14/h9-11,14H,5-8H2,1-4H3. The van der Waals surface area contributed by atoms with Crippen LogP contribution in [-0.2, 0) is 0 Å². The van der Waals surface area contributed by atoms with Crippen molar-refractivity contribution in [3.05, 3.63) is 0 Å². The summed E-state index contributed by atoms with van der Waals surface area (Å²) in [5.74, 6) is 0. The van der Waals surface area contributed by atoms with Gasteiger partial charge in [0.2, 0.25) is 0 Å². The lowest BCUT2D eigenvalue weighted by Crippen LogP contribution is -2.44. The van der Waals surface area contributed by atoms with E-state index in [9.17, 15) is 0 Å². The predicted molar refractivity (Wildman–Crippen MR) is 59.4 cm³/mol. The molecule has 1 fully saturated rings. The minimum Gasteiger partial charge on any atom is -0.395 e. The topological polar surface area (TPSA) is 26.7 Å². The van der Waals surface area contributed by atoms with Gasteiger partial charge in [-0.1, -0.05) is 0 Å². The van der Waals surface area contributed by atoms with Crippen LogP contribution in [0.1, 0.15) is 27.2 Å². The molecule has 2 atom stereocenters. The second-order valence-corrected chi connectivity index (χ2v) is 4.63. The Hall–Kier alpha value is -0.120. The lowest BCUT2D eigenvalue weighted by atomic mass is 10.1. The Morgan fingerprint density at radius 2 is 2.14 bits per heavy atom. The van der Waals surface area contributed by atoms with Crippen LogP contribution in [0.3, 0.4) is 0 Å². The van der Waals surface area contributed by atoms with E-state index >= 15 is 0 Å². The van der Waals surface area contributed by atoms with Crippen molar-refractivity contribution >= 4 is 0 Å². The molecule has 2 unspecified atom stereocenters. The molecule has 0 spiro atoms. The molecular weight excluding hydrogens is 176 g/mol. The smallest absolute Gasteiger partial charge is 0.0558 e. The first-order valence-corrected chi connectivity index (χ1v) is 5.64. The first kappa shape index (κ1) is 12.0. The molecule has 1 aliphatic rings. The second-order valence-electron chi connectivity index (χ2n) is 4.63. The summed E-state index contributed by atoms with van der Waals surface area (Å²) in [5.41, 5.74) is 0. The van der Waals surface area contributed by atoms with Crippen LogP contribution in [0.25, 0.3) is 0 Å². The molecule has 3 nitrogen and oxygen atoms in total. The van der Waals surface area contributed by atoms with E-state index in [2.05, 4.69) is 37.6 Å². The van der Waals surface area contributed by atoms with Crippen molar-refractivity contribution in [2.45, 2.75) is 45.3 Å². The van der Waals surface area contributed by atoms with E-state index in [1.807, 2.05) is 0 Å². The van der Waals surface area contributed by atoms with Gasteiger partial charge >= 0.3 is 0 Å². The maximum Gasteiger partial charge on any atom is 0.0558 e. The van der Waals surface area contributed by atoms with Crippen LogP contribution in [0.4, 0.5) is 0 Å². The third-order valence-corrected chi connectivity index (χ3v) is 3.45. The molecule has 1 aliphatic heterocycles. The lowest BCUT2D eigenvalue weighted by molar-refractivity contribution is 0.133. The summed E-state index contributed by atoms with van der Waals surface area (Å²) in [5, 5.41) is 8.90. The molecule has 1 N–H and O–H groups in total. The molecule has 0 radical (unpaired) electrons. The number of hydrogen-bond acceptors (Lipinski definition) is 3. The molecule has 0 aliphatic carbocycles. The Kier molecular flexibility index (Phi) is 4.35. The Labute approximate surface area is 87.7 Å². The van der Waals surface area contributed by atoms with E-state index in [-0.39, 0.29) is 6.61 Å². The summed E-state index contributed by atoms with van der Waals surface area (Å²) in [6.07, 6.45) is 1.23. The molecule has 0 aromatic rings. The maximum absolute atomic E-state index is 8.90. The van der Waals surface area contributed by atoms with Gasteiger partial charge in [-0.2, -0.15) is 0 Å². The van der Waals surface area contributed by atoms with E-state index in [0.717, 1.165) is 6.54 Å². The summed E-state index contributed by atoms with van der Waals surface area (Å²) in [4.78, 5) is 4.82. The highest BCUT2D eigenvalue weighted by Gasteiger charge is 2.33. The van der Waals surface area contributed by atoms with Crippen LogP contribution in [0.5, 0.6) is 0 Å². The van der Waals surface area contributed by atoms with Gasteiger partial charge in [0.05, 0.1) is 6.61 Å². The van der Waals surface area contributed by atoms with E-state index in [1.54, 1.807) is 0 Å². The quantitative estimate of drug-likeness (QED) is 0.726. The van der Waals surface area contributed by atoms with Crippen LogP contribution >= 0.6 is 0 Å². The fourth-order valence-electron chi connectivity index (χ4n) is 2.59. The molecule has 0 saturated carbocycles. The molecular formula is C11H24N2O. The number of rotatable bonds is 4. The van der Waals surface area contributed by atoms with Crippen molar-refractivity contribution in [1.82, 2.24) is 9.80 Å². The van der Waals surface area contributed by atoms with Gasteiger partial charge in [-0.3, -0.25) is 9.80 Å². The van der Waals surface area contributed by atoms with E-state index in [0.29, 0.717) is 18.1 Å². The molecule has 0 aromatic carbocycles. The lowest BCUT2D eigenvalue weighted by Gasteiger charge is -2.32. The molecule has 0 aromatic heterocycles. The molecule has 84 valence electrons. The number of aliphatic hydroxyl groups is 1. The summed E-state index contributed by atoms with van der Waals surface area (Å²) >= 11 is 0. The molecule has 1 saturated heterocycles. The van der Waals surface area contributed by atoms with Crippen LogP contribution < -0.4 is 0 Å². The largest absolute Gasteiger partial charge is 0.395 e. The summed E-state index contributed by atoms with van der Waals surface area (Å²) < 4.78 is 0. The zero-order chi connectivity index (χ0) is 10.7. The third kappa shape index (κ3) is 2.47. The number of nitrogens with zero attached hydrogens (tertiary/aromatic N) is 2. The van der Waals surface area contributed by atoms with E-state index in [4.69, 9.17) is 5.11 Å². The second kappa shape index (κ2) is 5.10. The average Bonchev–Trinajstić information content (AvgIpc) is 2.47. The van der Waals surface area contributed by atoms with Crippen LogP contribution in [0.2, 0.25) is 0 Å². The highest BCUT2D eigenvalue weighted by Crippen LogP contribution is 2.23. The molecule has 0 amide bonds. The van der Waals surface area contributed by atoms with Gasteiger partial charge in [-0.25, -0.2) is 0 Å². The molecule has 14 heavy (non-hydrogen) atoms. The van der Waals surface area contributed by atoms with Crippen LogP contribution in [0, 0.1) is 0 Å². The maximum atomic E-state index is 8.90. The molecule has 3 heteroatoms. The number of likely N-dealkylation sites (tertiary alicyclic amines) is 1. The van der Waals surface area contributed by atoms with Gasteiger partial charge < -0.3 is 5.11 Å². The Bertz CT molecular complexity index is 173. The number of likely N-dealkylation sites (N-methyl/N-ethyl adjacent to an activating group) is 1. The normalized spacial score (nSPS) is 29.4. The molecule has 1 rings (SSSR count). The number of aliphatic hydroxyl groups excluding tert-OH is 1. The van der Waals surface area contributed by atoms with Gasteiger partial charge in [0.1, 0.15) is 0 Å². The minimum atomic E-state index is 0.265. The van der Waals surface area contributed by atoms with Gasteiger partial charge in [0.25, 0.3) is 0 Å². The molecule has 1 heterocycles. The van der Waals surface area contributed by atoms with E-state index in [1.165, 1.54) is 13.0 Å². The monoisotopic (exact) mass is 200 g/mol. The average molecular weight is 200 g/mol. The number of hydrogen-bond donors (Lipinski definition) is 1. The van der Waals surface area contributed by atoms with Gasteiger partial charge in [0, 0.05) is 31.2 Å². The first-order chi connectivity index (χ1) is 6.57.